The van der Waals surface area contributed by atoms with Crippen LogP contribution in [-0.4, -0.2) is 22.3 Å². The third kappa shape index (κ3) is 2.17. The zero-order chi connectivity index (χ0) is 14.0. The highest BCUT2D eigenvalue weighted by Crippen LogP contribution is 2.11. The molecule has 2 rings (SSSR count). The maximum Gasteiger partial charge on any atom is 0.343 e. The second-order valence-corrected chi connectivity index (χ2v) is 3.69. The number of carbonyl (C=O) groups is 1. The van der Waals surface area contributed by atoms with E-state index in [0.29, 0.717) is 4.68 Å². The third-order valence-electron chi connectivity index (χ3n) is 2.56. The fraction of sp³-hybridized carbons (Fsp3) is 0.167. The molecule has 1 aromatic heterocycles. The second-order valence-electron chi connectivity index (χ2n) is 3.69. The number of nitrogens with zero attached hydrogens (tertiary/aromatic N) is 2. The Morgan fingerprint density at radius 1 is 1.42 bits per heavy atom. The Bertz CT molecular complexity index is 720. The van der Waals surface area contributed by atoms with Gasteiger partial charge in [-0.15, -0.1) is 0 Å². The minimum Gasteiger partial charge on any atom is -0.462 e. The maximum atomic E-state index is 12.1. The van der Waals surface area contributed by atoms with Crippen molar-refractivity contribution in [2.75, 3.05) is 6.61 Å². The number of pyridine rings is 1. The van der Waals surface area contributed by atoms with Gasteiger partial charge in [-0.05, 0) is 19.1 Å². The van der Waals surface area contributed by atoms with Crippen molar-refractivity contribution in [1.29, 1.82) is 0 Å². The van der Waals surface area contributed by atoms with Crippen molar-refractivity contribution in [3.63, 3.8) is 0 Å². The Balaban J connectivity index is 2.81. The number of hydrogen-bond donors (Lipinski definition) is 0. The number of carbonyl (C=O) groups excluding carboxylic acids is 1. The summed E-state index contributed by atoms with van der Waals surface area (Å²) in [6.45, 7) is 1.68. The number of para-hydroxylation sites is 1. The predicted molar refractivity (Wildman–Crippen MR) is 66.6 cm³/mol. The molecule has 0 aliphatic rings. The summed E-state index contributed by atoms with van der Waals surface area (Å²) in [6.07, 6.45) is 0.892. The molecule has 0 amide bonds. The van der Waals surface area contributed by atoms with Crippen molar-refractivity contribution in [3.8, 4) is 0 Å². The molecule has 1 heterocycles. The van der Waals surface area contributed by atoms with Crippen molar-refractivity contribution in [2.24, 2.45) is 0 Å². The van der Waals surface area contributed by atoms with Gasteiger partial charge in [-0.1, -0.05) is 16.8 Å². The first-order chi connectivity index (χ1) is 9.06. The first kappa shape index (κ1) is 12.7. The number of ether oxygens (including phenoxy) is 1. The summed E-state index contributed by atoms with van der Waals surface area (Å²) in [5, 5.41) is 10.4. The van der Waals surface area contributed by atoms with E-state index in [4.69, 9.17) is 4.74 Å². The lowest BCUT2D eigenvalue weighted by Gasteiger charge is -2.05. The van der Waals surface area contributed by atoms with Crippen LogP contribution in [0.4, 0.5) is 0 Å². The number of nitro groups is 1. The molecule has 1 aromatic carbocycles. The van der Waals surface area contributed by atoms with Gasteiger partial charge < -0.3 is 4.74 Å². The van der Waals surface area contributed by atoms with Gasteiger partial charge in [0, 0.05) is 0 Å². The van der Waals surface area contributed by atoms with E-state index in [9.17, 15) is 19.7 Å². The van der Waals surface area contributed by atoms with Crippen LogP contribution in [0.2, 0.25) is 0 Å². The minimum absolute atomic E-state index is 0.0869. The SMILES string of the molecule is CCOC(=O)c1cn([N+](=O)[O-])c2ccccc2c1=O. The third-order valence-corrected chi connectivity index (χ3v) is 2.56. The van der Waals surface area contributed by atoms with Gasteiger partial charge in [0.2, 0.25) is 5.43 Å². The van der Waals surface area contributed by atoms with E-state index in [2.05, 4.69) is 0 Å². The molecule has 0 radical (unpaired) electrons. The molecule has 98 valence electrons. The largest absolute Gasteiger partial charge is 0.462 e. The molecular formula is C12H10N2O5. The van der Waals surface area contributed by atoms with Crippen molar-refractivity contribution in [2.45, 2.75) is 6.92 Å². The molecule has 0 saturated heterocycles. The summed E-state index contributed by atoms with van der Waals surface area (Å²) < 4.78 is 5.36. The highest BCUT2D eigenvalue weighted by Gasteiger charge is 2.19. The first-order valence-electron chi connectivity index (χ1n) is 5.52. The van der Waals surface area contributed by atoms with Gasteiger partial charge in [0.15, 0.2) is 5.03 Å². The molecule has 7 nitrogen and oxygen atoms in total. The van der Waals surface area contributed by atoms with Crippen LogP contribution in [-0.2, 0) is 4.74 Å². The van der Waals surface area contributed by atoms with E-state index >= 15 is 0 Å². The van der Waals surface area contributed by atoms with Crippen LogP contribution < -0.4 is 5.43 Å². The topological polar surface area (TPSA) is 91.4 Å². The standard InChI is InChI=1S/C12H10N2O5/c1-2-19-12(16)9-7-13(14(17)18)10-6-4-3-5-8(10)11(9)15/h3-7H,2H2,1H3. The van der Waals surface area contributed by atoms with E-state index < -0.39 is 16.4 Å². The minimum atomic E-state index is -0.867. The van der Waals surface area contributed by atoms with Crippen LogP contribution in [0.25, 0.3) is 10.9 Å². The molecule has 7 heteroatoms. The van der Waals surface area contributed by atoms with Gasteiger partial charge in [-0.2, -0.15) is 0 Å². The molecule has 0 aliphatic heterocycles. The average molecular weight is 262 g/mol. The Kier molecular flexibility index (Phi) is 3.28. The van der Waals surface area contributed by atoms with E-state index in [0.717, 1.165) is 6.20 Å². The highest BCUT2D eigenvalue weighted by molar-refractivity contribution is 5.93. The quantitative estimate of drug-likeness (QED) is 0.471. The Morgan fingerprint density at radius 3 is 2.74 bits per heavy atom. The number of aromatic nitrogens is 1. The molecule has 2 aromatic rings. The summed E-state index contributed by atoms with van der Waals surface area (Å²) in [7, 11) is 0. The number of fused-ring (bicyclic) bond motifs is 1. The summed E-state index contributed by atoms with van der Waals surface area (Å²) in [4.78, 5) is 34.7. The normalized spacial score (nSPS) is 10.4. The fourth-order valence-corrected chi connectivity index (χ4v) is 1.75. The fourth-order valence-electron chi connectivity index (χ4n) is 1.75. The molecule has 0 aliphatic carbocycles. The van der Waals surface area contributed by atoms with Gasteiger partial charge in [-0.3, -0.25) is 4.79 Å². The average Bonchev–Trinajstić information content (AvgIpc) is 2.39. The molecule has 0 fully saturated rings. The van der Waals surface area contributed by atoms with Crippen LogP contribution in [0.1, 0.15) is 17.3 Å². The molecule has 0 bridgehead atoms. The van der Waals surface area contributed by atoms with Gasteiger partial charge in [0.05, 0.1) is 18.2 Å². The number of benzene rings is 1. The van der Waals surface area contributed by atoms with E-state index in [1.165, 1.54) is 12.1 Å². The predicted octanol–water partition coefficient (Wildman–Crippen LogP) is 1.22. The van der Waals surface area contributed by atoms with Crippen LogP contribution in [0.5, 0.6) is 0 Å². The Morgan fingerprint density at radius 2 is 2.11 bits per heavy atom. The summed E-state index contributed by atoms with van der Waals surface area (Å²) in [5.74, 6) is -0.867. The lowest BCUT2D eigenvalue weighted by atomic mass is 10.1. The van der Waals surface area contributed by atoms with Crippen molar-refractivity contribution in [1.82, 2.24) is 4.68 Å². The van der Waals surface area contributed by atoms with Gasteiger partial charge in [0.25, 0.3) is 0 Å². The van der Waals surface area contributed by atoms with Crippen LogP contribution in [0.3, 0.4) is 0 Å². The molecular weight excluding hydrogens is 252 g/mol. The molecule has 0 unspecified atom stereocenters. The first-order valence-corrected chi connectivity index (χ1v) is 5.52. The number of esters is 1. The van der Waals surface area contributed by atoms with Crippen LogP contribution in [0, 0.1) is 10.1 Å². The smallest absolute Gasteiger partial charge is 0.343 e. The lowest BCUT2D eigenvalue weighted by molar-refractivity contribution is -0.538. The molecule has 0 N–H and O–H groups in total. The van der Waals surface area contributed by atoms with E-state index in [1.807, 2.05) is 0 Å². The van der Waals surface area contributed by atoms with Gasteiger partial charge in [0.1, 0.15) is 11.1 Å². The summed E-state index contributed by atoms with van der Waals surface area (Å²) >= 11 is 0. The van der Waals surface area contributed by atoms with Gasteiger partial charge in [-0.25, -0.2) is 14.9 Å². The maximum absolute atomic E-state index is 12.1. The lowest BCUT2D eigenvalue weighted by Crippen LogP contribution is -2.23. The van der Waals surface area contributed by atoms with Crippen molar-refractivity contribution >= 4 is 16.9 Å². The monoisotopic (exact) mass is 262 g/mol. The Hall–Kier alpha value is -2.70. The van der Waals surface area contributed by atoms with Gasteiger partial charge >= 0.3 is 5.97 Å². The summed E-state index contributed by atoms with van der Waals surface area (Å²) in [6, 6.07) is 6.02. The van der Waals surface area contributed by atoms with E-state index in [-0.39, 0.29) is 23.1 Å². The molecule has 0 atom stereocenters. The molecule has 19 heavy (non-hydrogen) atoms. The number of hydrogen-bond acceptors (Lipinski definition) is 5. The molecule has 0 saturated carbocycles. The Labute approximate surface area is 107 Å². The highest BCUT2D eigenvalue weighted by atomic mass is 16.7. The zero-order valence-electron chi connectivity index (χ0n) is 10.0. The second kappa shape index (κ2) is 4.89. The zero-order valence-corrected chi connectivity index (χ0v) is 10.0. The van der Waals surface area contributed by atoms with Crippen molar-refractivity contribution in [3.05, 3.63) is 56.4 Å². The van der Waals surface area contributed by atoms with Crippen LogP contribution in [0.15, 0.2) is 35.3 Å². The van der Waals surface area contributed by atoms with Crippen molar-refractivity contribution < 1.29 is 14.6 Å². The molecule has 0 spiro atoms. The van der Waals surface area contributed by atoms with Crippen LogP contribution >= 0.6 is 0 Å². The number of rotatable bonds is 3. The summed E-state index contributed by atoms with van der Waals surface area (Å²) in [5.41, 5.74) is -0.796. The van der Waals surface area contributed by atoms with E-state index in [1.54, 1.807) is 19.1 Å².